The molecule has 3 heterocycles. The van der Waals surface area contributed by atoms with E-state index in [-0.39, 0.29) is 12.0 Å². The number of thiazole rings is 1. The van der Waals surface area contributed by atoms with Crippen molar-refractivity contribution < 1.29 is 9.90 Å². The molecule has 28 heavy (non-hydrogen) atoms. The van der Waals surface area contributed by atoms with Crippen molar-refractivity contribution in [1.82, 2.24) is 19.2 Å². The number of benzene rings is 1. The summed E-state index contributed by atoms with van der Waals surface area (Å²) in [5.74, 6) is -0.0422. The number of fused-ring (bicyclic) bond motifs is 1. The number of hydrogen-bond acceptors (Lipinski definition) is 5. The van der Waals surface area contributed by atoms with Crippen LogP contribution in [0.5, 0.6) is 0 Å². The van der Waals surface area contributed by atoms with E-state index < -0.39 is 0 Å². The van der Waals surface area contributed by atoms with Crippen LogP contribution < -0.4 is 0 Å². The molecule has 1 fully saturated rings. The Morgan fingerprint density at radius 1 is 1.36 bits per heavy atom. The number of rotatable bonds is 6. The molecule has 0 bridgehead atoms. The molecule has 148 valence electrons. The number of carbonyl (C=O) groups excluding carboxylic acids is 1. The second-order valence-electron chi connectivity index (χ2n) is 7.46. The third-order valence-corrected chi connectivity index (χ3v) is 6.10. The van der Waals surface area contributed by atoms with Gasteiger partial charge in [0.2, 0.25) is 0 Å². The molecule has 7 heteroatoms. The molecule has 1 aliphatic rings. The monoisotopic (exact) mass is 398 g/mol. The Bertz CT molecular complexity index is 936. The van der Waals surface area contributed by atoms with Crippen LogP contribution in [0.25, 0.3) is 4.96 Å². The molecule has 3 aromatic rings. The molecule has 1 aromatic carbocycles. The number of amides is 1. The predicted molar refractivity (Wildman–Crippen MR) is 111 cm³/mol. The number of likely N-dealkylation sites (tertiary alicyclic amines) is 1. The summed E-state index contributed by atoms with van der Waals surface area (Å²) < 4.78 is 2.02. The number of β-amino-alcohol motifs (C(OH)–C–C–N with tert-alkyl or cyclic N) is 1. The van der Waals surface area contributed by atoms with Crippen LogP contribution in [0.15, 0.2) is 41.9 Å². The highest BCUT2D eigenvalue weighted by Gasteiger charge is 2.26. The first kappa shape index (κ1) is 19.1. The maximum absolute atomic E-state index is 13.1. The van der Waals surface area contributed by atoms with E-state index in [1.54, 1.807) is 4.90 Å². The summed E-state index contributed by atoms with van der Waals surface area (Å²) in [6.07, 6.45) is 4.34. The third-order valence-electron chi connectivity index (χ3n) is 5.34. The van der Waals surface area contributed by atoms with Gasteiger partial charge < -0.3 is 10.0 Å². The van der Waals surface area contributed by atoms with Crippen LogP contribution in [0.4, 0.5) is 0 Å². The summed E-state index contributed by atoms with van der Waals surface area (Å²) in [4.78, 5) is 22.6. The zero-order chi connectivity index (χ0) is 19.5. The number of likely N-dealkylation sites (N-methyl/N-ethyl adjacent to an activating group) is 1. The van der Waals surface area contributed by atoms with Crippen molar-refractivity contribution in [1.29, 1.82) is 0 Å². The van der Waals surface area contributed by atoms with Crippen LogP contribution in [0.3, 0.4) is 0 Å². The van der Waals surface area contributed by atoms with E-state index in [4.69, 9.17) is 0 Å². The number of aliphatic hydroxyl groups excluding tert-OH is 1. The fraction of sp³-hybridized carbons (Fsp3) is 0.429. The lowest BCUT2D eigenvalue weighted by Crippen LogP contribution is -2.38. The van der Waals surface area contributed by atoms with E-state index >= 15 is 0 Å². The number of aromatic nitrogens is 2. The molecular formula is C21H26N4O2S. The smallest absolute Gasteiger partial charge is 0.274 e. The van der Waals surface area contributed by atoms with Gasteiger partial charge in [-0.3, -0.25) is 14.1 Å². The normalized spacial score (nSPS) is 17.9. The van der Waals surface area contributed by atoms with Crippen LogP contribution in [0.1, 0.15) is 34.6 Å². The van der Waals surface area contributed by atoms with Crippen molar-refractivity contribution in [2.45, 2.75) is 31.9 Å². The van der Waals surface area contributed by atoms with Gasteiger partial charge in [-0.25, -0.2) is 4.98 Å². The van der Waals surface area contributed by atoms with Crippen molar-refractivity contribution in [3.05, 3.63) is 58.9 Å². The van der Waals surface area contributed by atoms with E-state index in [0.29, 0.717) is 25.3 Å². The minimum atomic E-state index is -0.285. The predicted octanol–water partition coefficient (Wildman–Crippen LogP) is 2.67. The first-order chi connectivity index (χ1) is 13.6. The average Bonchev–Trinajstić information content (AvgIpc) is 3.29. The van der Waals surface area contributed by atoms with Crippen molar-refractivity contribution in [3.8, 4) is 0 Å². The molecule has 1 amide bonds. The van der Waals surface area contributed by atoms with Gasteiger partial charge in [-0.15, -0.1) is 11.3 Å². The molecule has 1 N–H and O–H groups in total. The van der Waals surface area contributed by atoms with Crippen molar-refractivity contribution >= 4 is 22.2 Å². The number of piperidine rings is 1. The molecule has 1 aliphatic heterocycles. The quantitative estimate of drug-likeness (QED) is 0.694. The summed E-state index contributed by atoms with van der Waals surface area (Å²) in [7, 11) is 1.84. The first-order valence-electron chi connectivity index (χ1n) is 9.76. The molecule has 0 spiro atoms. The number of imidazole rings is 1. The third kappa shape index (κ3) is 4.11. The van der Waals surface area contributed by atoms with E-state index in [0.717, 1.165) is 36.5 Å². The Labute approximate surface area is 169 Å². The molecule has 4 rings (SSSR count). The van der Waals surface area contributed by atoms with Gasteiger partial charge in [0.25, 0.3) is 5.91 Å². The number of nitrogens with zero attached hydrogens (tertiary/aromatic N) is 4. The zero-order valence-electron chi connectivity index (χ0n) is 16.1. The van der Waals surface area contributed by atoms with Crippen LogP contribution in [-0.2, 0) is 13.0 Å². The van der Waals surface area contributed by atoms with Crippen molar-refractivity contribution in [3.63, 3.8) is 0 Å². The standard InChI is InChI=1S/C21H26N4O2S/c1-23(11-9-16-6-3-2-4-7-16)20(27)19-18(25-12-13-28-21(25)22-19)15-24-10-5-8-17(26)14-24/h2-4,6-7,12-13,17,26H,5,8-11,14-15H2,1H3/t17-/m1/s1. The Hall–Kier alpha value is -2.22. The molecular weight excluding hydrogens is 372 g/mol. The molecule has 0 aliphatic carbocycles. The van der Waals surface area contributed by atoms with Gasteiger partial charge in [-0.1, -0.05) is 30.3 Å². The Morgan fingerprint density at radius 2 is 2.18 bits per heavy atom. The Balaban J connectivity index is 1.52. The molecule has 1 saturated heterocycles. The number of hydrogen-bond donors (Lipinski definition) is 1. The molecule has 1 atom stereocenters. The fourth-order valence-corrected chi connectivity index (χ4v) is 4.50. The fourth-order valence-electron chi connectivity index (χ4n) is 3.77. The second kappa shape index (κ2) is 8.43. The van der Waals surface area contributed by atoms with E-state index in [1.807, 2.05) is 41.2 Å². The highest BCUT2D eigenvalue weighted by Crippen LogP contribution is 2.22. The molecule has 6 nitrogen and oxygen atoms in total. The highest BCUT2D eigenvalue weighted by molar-refractivity contribution is 7.15. The minimum absolute atomic E-state index is 0.0422. The number of aliphatic hydroxyl groups is 1. The van der Waals surface area contributed by atoms with E-state index in [2.05, 4.69) is 22.0 Å². The van der Waals surface area contributed by atoms with Gasteiger partial charge in [0.1, 0.15) is 0 Å². The molecule has 2 aromatic heterocycles. The van der Waals surface area contributed by atoms with E-state index in [1.165, 1.54) is 16.9 Å². The maximum Gasteiger partial charge on any atom is 0.274 e. The van der Waals surface area contributed by atoms with Gasteiger partial charge in [0.05, 0.1) is 11.8 Å². The highest BCUT2D eigenvalue weighted by atomic mass is 32.1. The lowest BCUT2D eigenvalue weighted by atomic mass is 10.1. The van der Waals surface area contributed by atoms with Crippen LogP contribution in [-0.4, -0.2) is 63.0 Å². The lowest BCUT2D eigenvalue weighted by Gasteiger charge is -2.30. The molecule has 0 saturated carbocycles. The summed E-state index contributed by atoms with van der Waals surface area (Å²) in [5, 5.41) is 12.0. The van der Waals surface area contributed by atoms with Crippen molar-refractivity contribution in [2.75, 3.05) is 26.7 Å². The van der Waals surface area contributed by atoms with Crippen LogP contribution in [0.2, 0.25) is 0 Å². The van der Waals surface area contributed by atoms with Gasteiger partial charge in [0, 0.05) is 38.3 Å². The average molecular weight is 399 g/mol. The Kier molecular flexibility index (Phi) is 5.75. The van der Waals surface area contributed by atoms with Gasteiger partial charge in [-0.2, -0.15) is 0 Å². The van der Waals surface area contributed by atoms with Gasteiger partial charge in [0.15, 0.2) is 10.7 Å². The largest absolute Gasteiger partial charge is 0.392 e. The van der Waals surface area contributed by atoms with Gasteiger partial charge >= 0.3 is 0 Å². The Morgan fingerprint density at radius 3 is 2.96 bits per heavy atom. The topological polar surface area (TPSA) is 61.1 Å². The summed E-state index contributed by atoms with van der Waals surface area (Å²) >= 11 is 1.54. The van der Waals surface area contributed by atoms with Crippen molar-refractivity contribution in [2.24, 2.45) is 0 Å². The molecule has 0 radical (unpaired) electrons. The van der Waals surface area contributed by atoms with Crippen LogP contribution >= 0.6 is 11.3 Å². The summed E-state index contributed by atoms with van der Waals surface area (Å²) in [5.41, 5.74) is 2.67. The summed E-state index contributed by atoms with van der Waals surface area (Å²) in [6, 6.07) is 10.2. The minimum Gasteiger partial charge on any atom is -0.392 e. The number of carbonyl (C=O) groups is 1. The second-order valence-corrected chi connectivity index (χ2v) is 8.33. The SMILES string of the molecule is CN(CCc1ccccc1)C(=O)c1nc2sccn2c1CN1CCC[C@@H](O)C1. The van der Waals surface area contributed by atoms with Crippen LogP contribution in [0, 0.1) is 0 Å². The first-order valence-corrected chi connectivity index (χ1v) is 10.6. The maximum atomic E-state index is 13.1. The lowest BCUT2D eigenvalue weighted by molar-refractivity contribution is 0.0654. The van der Waals surface area contributed by atoms with E-state index in [9.17, 15) is 9.90 Å². The zero-order valence-corrected chi connectivity index (χ0v) is 16.9. The molecule has 0 unspecified atom stereocenters. The summed E-state index contributed by atoms with van der Waals surface area (Å²) in [6.45, 7) is 2.86. The van der Waals surface area contributed by atoms with Gasteiger partial charge in [-0.05, 0) is 31.4 Å².